The van der Waals surface area contributed by atoms with E-state index in [0.717, 1.165) is 6.07 Å². The number of anilines is 1. The van der Waals surface area contributed by atoms with E-state index in [9.17, 15) is 18.0 Å². The number of ether oxygens (including phenoxy) is 1. The van der Waals surface area contributed by atoms with E-state index in [1.807, 2.05) is 12.2 Å². The number of fused-ring (bicyclic) bond motifs is 5. The smallest absolute Gasteiger partial charge is 0.382 e. The summed E-state index contributed by atoms with van der Waals surface area (Å²) in [5, 5.41) is 0. The Morgan fingerprint density at radius 1 is 1.14 bits per heavy atom. The molecule has 0 spiro atoms. The minimum Gasteiger partial charge on any atom is -0.382 e. The summed E-state index contributed by atoms with van der Waals surface area (Å²) in [6.07, 6.45) is 3.06. The molecule has 1 atom stereocenters. The third kappa shape index (κ3) is 3.50. The Labute approximate surface area is 196 Å². The number of rotatable bonds is 1. The van der Waals surface area contributed by atoms with Gasteiger partial charge in [-0.3, -0.25) is 9.20 Å². The van der Waals surface area contributed by atoms with Gasteiger partial charge in [-0.05, 0) is 30.2 Å². The lowest BCUT2D eigenvalue weighted by Crippen LogP contribution is -2.40. The topological polar surface area (TPSA) is 98.6 Å². The number of carbonyl (C=O) groups excluding carboxylic acids is 1. The molecule has 35 heavy (non-hydrogen) atoms. The molecule has 2 N–H and O–H groups in total. The second kappa shape index (κ2) is 7.77. The molecule has 1 unspecified atom stereocenters. The minimum atomic E-state index is -4.56. The second-order valence-electron chi connectivity index (χ2n) is 8.52. The number of benzene rings is 1. The minimum absolute atomic E-state index is 0.0371. The Bertz CT molecular complexity index is 1530. The van der Waals surface area contributed by atoms with E-state index in [1.165, 1.54) is 6.07 Å². The first-order valence-electron chi connectivity index (χ1n) is 11.0. The van der Waals surface area contributed by atoms with E-state index in [-0.39, 0.29) is 24.8 Å². The largest absolute Gasteiger partial charge is 0.433 e. The van der Waals surface area contributed by atoms with Gasteiger partial charge in [-0.15, -0.1) is 0 Å². The monoisotopic (exact) mass is 480 g/mol. The molecule has 0 fully saturated rings. The molecule has 1 aromatic carbocycles. The SMILES string of the molecule is Nc1nc2cc3c(cc2n2cncc12)C(=O)N(C1COCc2nc(C(F)(F)F)ccc21)CC/C=C\3. The molecule has 0 saturated heterocycles. The van der Waals surface area contributed by atoms with E-state index in [4.69, 9.17) is 10.5 Å². The molecule has 0 aliphatic carbocycles. The molecule has 6 rings (SSSR count). The number of aromatic nitrogens is 4. The van der Waals surface area contributed by atoms with Crippen LogP contribution in [0.15, 0.2) is 42.9 Å². The van der Waals surface area contributed by atoms with Crippen LogP contribution >= 0.6 is 0 Å². The Hall–Kier alpha value is -3.99. The van der Waals surface area contributed by atoms with Crippen LogP contribution in [0.25, 0.3) is 22.6 Å². The van der Waals surface area contributed by atoms with E-state index in [1.54, 1.807) is 34.0 Å². The van der Waals surface area contributed by atoms with Crippen LogP contribution in [0.2, 0.25) is 0 Å². The molecule has 5 heterocycles. The standard InChI is InChI=1S/C24H19F3N6O2/c25-24(26,27)21-5-4-14-17(30-21)10-35-11-20(14)32-6-2-1-3-13-7-16-18(8-15(13)23(32)34)33-12-29-9-19(33)22(28)31-16/h1,3-5,7-9,12,20H,2,6,10-11H2,(H2,28,31)/b3-1-. The lowest BCUT2D eigenvalue weighted by atomic mass is 9.97. The Balaban J connectivity index is 1.46. The Kier molecular flexibility index (Phi) is 4.78. The van der Waals surface area contributed by atoms with Gasteiger partial charge >= 0.3 is 6.18 Å². The van der Waals surface area contributed by atoms with Gasteiger partial charge in [-0.25, -0.2) is 15.0 Å². The predicted molar refractivity (Wildman–Crippen MR) is 121 cm³/mol. The second-order valence-corrected chi connectivity index (χ2v) is 8.52. The van der Waals surface area contributed by atoms with E-state index < -0.39 is 17.9 Å². The highest BCUT2D eigenvalue weighted by molar-refractivity contribution is 6.02. The first-order chi connectivity index (χ1) is 16.8. The van der Waals surface area contributed by atoms with Gasteiger partial charge in [-0.2, -0.15) is 13.2 Å². The number of imidazole rings is 1. The molecule has 0 bridgehead atoms. The summed E-state index contributed by atoms with van der Waals surface area (Å²) in [6, 6.07) is 5.36. The average Bonchev–Trinajstić information content (AvgIpc) is 3.32. The number of alkyl halides is 3. The number of nitrogens with two attached hydrogens (primary N) is 1. The lowest BCUT2D eigenvalue weighted by Gasteiger charge is -2.36. The maximum atomic E-state index is 13.9. The highest BCUT2D eigenvalue weighted by Crippen LogP contribution is 2.35. The summed E-state index contributed by atoms with van der Waals surface area (Å²) in [7, 11) is 0. The zero-order valence-corrected chi connectivity index (χ0v) is 18.3. The summed E-state index contributed by atoms with van der Waals surface area (Å²) in [6.45, 7) is 0.509. The van der Waals surface area contributed by atoms with Gasteiger partial charge in [0.15, 0.2) is 0 Å². The lowest BCUT2D eigenvalue weighted by molar-refractivity contribution is -0.141. The van der Waals surface area contributed by atoms with Crippen LogP contribution < -0.4 is 5.73 Å². The van der Waals surface area contributed by atoms with Crippen molar-refractivity contribution in [3.05, 3.63) is 70.9 Å². The van der Waals surface area contributed by atoms with E-state index in [2.05, 4.69) is 15.0 Å². The van der Waals surface area contributed by atoms with Gasteiger partial charge in [0.05, 0.1) is 48.5 Å². The number of nitrogens with zero attached hydrogens (tertiary/aromatic N) is 5. The van der Waals surface area contributed by atoms with Crippen molar-refractivity contribution >= 4 is 34.4 Å². The number of halogens is 3. The van der Waals surface area contributed by atoms with Crippen LogP contribution in [0.1, 0.15) is 45.3 Å². The highest BCUT2D eigenvalue weighted by Gasteiger charge is 2.37. The number of pyridine rings is 1. The zero-order chi connectivity index (χ0) is 24.3. The zero-order valence-electron chi connectivity index (χ0n) is 18.3. The van der Waals surface area contributed by atoms with Gasteiger partial charge < -0.3 is 15.4 Å². The van der Waals surface area contributed by atoms with Crippen molar-refractivity contribution in [2.45, 2.75) is 25.2 Å². The molecule has 11 heteroatoms. The summed E-state index contributed by atoms with van der Waals surface area (Å²) in [5.41, 5.74) is 8.90. The van der Waals surface area contributed by atoms with Gasteiger partial charge in [0.2, 0.25) is 0 Å². The van der Waals surface area contributed by atoms with Crippen molar-refractivity contribution < 1.29 is 22.7 Å². The molecule has 2 aliphatic heterocycles. The summed E-state index contributed by atoms with van der Waals surface area (Å²) in [5.74, 6) is 0.0807. The van der Waals surface area contributed by atoms with Crippen molar-refractivity contribution in [3.63, 3.8) is 0 Å². The number of carbonyl (C=O) groups is 1. The highest BCUT2D eigenvalue weighted by atomic mass is 19.4. The molecule has 1 amide bonds. The van der Waals surface area contributed by atoms with E-state index >= 15 is 0 Å². The molecule has 178 valence electrons. The third-order valence-corrected chi connectivity index (χ3v) is 6.42. The fraction of sp³-hybridized carbons (Fsp3) is 0.250. The van der Waals surface area contributed by atoms with E-state index in [0.29, 0.717) is 52.0 Å². The van der Waals surface area contributed by atoms with Crippen molar-refractivity contribution in [2.75, 3.05) is 18.9 Å². The van der Waals surface area contributed by atoms with Crippen LogP contribution in [-0.2, 0) is 17.5 Å². The molecule has 8 nitrogen and oxygen atoms in total. The molecule has 0 saturated carbocycles. The number of hydrogen-bond donors (Lipinski definition) is 1. The van der Waals surface area contributed by atoms with Gasteiger partial charge in [0.25, 0.3) is 5.91 Å². The quantitative estimate of drug-likeness (QED) is 0.442. The Morgan fingerprint density at radius 2 is 2.00 bits per heavy atom. The maximum absolute atomic E-state index is 13.9. The predicted octanol–water partition coefficient (Wildman–Crippen LogP) is 4.01. The molecule has 4 aromatic rings. The molecule has 2 aliphatic rings. The van der Waals surface area contributed by atoms with Crippen LogP contribution in [0, 0.1) is 0 Å². The third-order valence-electron chi connectivity index (χ3n) is 6.42. The fourth-order valence-electron chi connectivity index (χ4n) is 4.74. The number of nitrogen functional groups attached to an aromatic ring is 1. The van der Waals surface area contributed by atoms with Gasteiger partial charge in [0, 0.05) is 17.7 Å². The first kappa shape index (κ1) is 21.5. The van der Waals surface area contributed by atoms with Crippen molar-refractivity contribution in [3.8, 4) is 0 Å². The average molecular weight is 480 g/mol. The summed E-state index contributed by atoms with van der Waals surface area (Å²) in [4.78, 5) is 27.9. The normalized spacial score (nSPS) is 19.3. The molecular formula is C24H19F3N6O2. The first-order valence-corrected chi connectivity index (χ1v) is 11.0. The molecule has 3 aromatic heterocycles. The van der Waals surface area contributed by atoms with Crippen molar-refractivity contribution in [1.29, 1.82) is 0 Å². The number of hydrogen-bond acceptors (Lipinski definition) is 6. The Morgan fingerprint density at radius 3 is 2.83 bits per heavy atom. The van der Waals surface area contributed by atoms with Gasteiger partial charge in [-0.1, -0.05) is 18.2 Å². The van der Waals surface area contributed by atoms with Crippen LogP contribution in [-0.4, -0.2) is 43.3 Å². The molecule has 0 radical (unpaired) electrons. The number of amides is 1. The van der Waals surface area contributed by atoms with Gasteiger partial charge in [0.1, 0.15) is 17.0 Å². The van der Waals surface area contributed by atoms with Crippen molar-refractivity contribution in [1.82, 2.24) is 24.3 Å². The van der Waals surface area contributed by atoms with Crippen LogP contribution in [0.3, 0.4) is 0 Å². The van der Waals surface area contributed by atoms with Crippen LogP contribution in [0.5, 0.6) is 0 Å². The summed E-state index contributed by atoms with van der Waals surface area (Å²) >= 11 is 0. The summed E-state index contributed by atoms with van der Waals surface area (Å²) < 4.78 is 46.9. The maximum Gasteiger partial charge on any atom is 0.433 e. The molecular weight excluding hydrogens is 461 g/mol. The van der Waals surface area contributed by atoms with Crippen molar-refractivity contribution in [2.24, 2.45) is 0 Å². The van der Waals surface area contributed by atoms with Crippen LogP contribution in [0.4, 0.5) is 19.0 Å². The fourth-order valence-corrected chi connectivity index (χ4v) is 4.74.